The highest BCUT2D eigenvalue weighted by atomic mass is 32.2. The lowest BCUT2D eigenvalue weighted by Gasteiger charge is -2.24. The summed E-state index contributed by atoms with van der Waals surface area (Å²) in [5.41, 5.74) is -0.178. The van der Waals surface area contributed by atoms with Crippen molar-refractivity contribution < 1.29 is 27.6 Å². The minimum atomic E-state index is -4.28. The third-order valence-electron chi connectivity index (χ3n) is 3.69. The number of nitro benzene ring substituents is 1. The monoisotopic (exact) mass is 422 g/mol. The molecule has 0 saturated carbocycles. The molecule has 0 aliphatic rings. The van der Waals surface area contributed by atoms with Gasteiger partial charge in [-0.25, -0.2) is 8.42 Å². The van der Waals surface area contributed by atoms with Crippen LogP contribution in [0.15, 0.2) is 53.4 Å². The minimum Gasteiger partial charge on any atom is -0.494 e. The Morgan fingerprint density at radius 3 is 2.38 bits per heavy atom. The number of carbonyl (C=O) groups is 1. The molecule has 0 N–H and O–H groups in total. The van der Waals surface area contributed by atoms with Crippen molar-refractivity contribution >= 4 is 27.4 Å². The first-order valence-corrected chi connectivity index (χ1v) is 10.3. The van der Waals surface area contributed by atoms with E-state index in [4.69, 9.17) is 9.47 Å². The van der Waals surface area contributed by atoms with E-state index >= 15 is 0 Å². The number of nitro groups is 1. The highest BCUT2D eigenvalue weighted by Crippen LogP contribution is 2.27. The molecule has 0 spiro atoms. The second-order valence-corrected chi connectivity index (χ2v) is 8.09. The molecule has 0 unspecified atom stereocenters. The summed E-state index contributed by atoms with van der Waals surface area (Å²) in [6.07, 6.45) is -0.426. The van der Waals surface area contributed by atoms with Gasteiger partial charge < -0.3 is 9.47 Å². The first-order valence-electron chi connectivity index (χ1n) is 8.84. The molecule has 156 valence electrons. The second-order valence-electron chi connectivity index (χ2n) is 6.23. The molecule has 0 radical (unpaired) electrons. The number of anilines is 1. The highest BCUT2D eigenvalue weighted by molar-refractivity contribution is 7.92. The summed E-state index contributed by atoms with van der Waals surface area (Å²) in [6.45, 7) is 4.96. The molecule has 2 rings (SSSR count). The summed E-state index contributed by atoms with van der Waals surface area (Å²) in [5, 5.41) is 11.0. The van der Waals surface area contributed by atoms with Crippen LogP contribution in [-0.2, 0) is 19.6 Å². The first-order chi connectivity index (χ1) is 13.6. The van der Waals surface area contributed by atoms with Crippen LogP contribution in [0.2, 0.25) is 0 Å². The Labute approximate surface area is 169 Å². The number of carbonyl (C=O) groups excluding carboxylic acids is 1. The van der Waals surface area contributed by atoms with E-state index in [9.17, 15) is 23.3 Å². The molecule has 0 bridgehead atoms. The fourth-order valence-corrected chi connectivity index (χ4v) is 3.94. The largest absolute Gasteiger partial charge is 0.494 e. The molecular formula is C19H22N2O7S. The zero-order valence-electron chi connectivity index (χ0n) is 16.3. The summed E-state index contributed by atoms with van der Waals surface area (Å²) in [4.78, 5) is 22.2. The zero-order chi connectivity index (χ0) is 21.6. The average molecular weight is 422 g/mol. The van der Waals surface area contributed by atoms with Gasteiger partial charge in [0.2, 0.25) is 0 Å². The van der Waals surface area contributed by atoms with Crippen LogP contribution in [0.1, 0.15) is 20.8 Å². The number of non-ortho nitro benzene ring substituents is 1. The Morgan fingerprint density at radius 2 is 1.83 bits per heavy atom. The van der Waals surface area contributed by atoms with Gasteiger partial charge in [0.15, 0.2) is 0 Å². The Kier molecular flexibility index (Phi) is 7.16. The maximum absolute atomic E-state index is 13.2. The SMILES string of the molecule is CCOc1ccc(N(CC(=O)OC(C)C)S(=O)(=O)c2cccc([N+](=O)[O-])c2)cc1. The van der Waals surface area contributed by atoms with Gasteiger partial charge >= 0.3 is 5.97 Å². The number of esters is 1. The van der Waals surface area contributed by atoms with Gasteiger partial charge in [0, 0.05) is 12.1 Å². The Bertz CT molecular complexity index is 972. The van der Waals surface area contributed by atoms with Gasteiger partial charge in [-0.2, -0.15) is 0 Å². The van der Waals surface area contributed by atoms with Gasteiger partial charge in [-0.15, -0.1) is 0 Å². The van der Waals surface area contributed by atoms with Crippen LogP contribution in [0.5, 0.6) is 5.75 Å². The van der Waals surface area contributed by atoms with Gasteiger partial charge in [0.05, 0.1) is 28.2 Å². The van der Waals surface area contributed by atoms with Gasteiger partial charge in [0.1, 0.15) is 12.3 Å². The predicted octanol–water partition coefficient (Wildman–Crippen LogP) is 3.14. The Balaban J connectivity index is 2.48. The summed E-state index contributed by atoms with van der Waals surface area (Å²) in [5.74, 6) is -0.211. The topological polar surface area (TPSA) is 116 Å². The first kappa shape index (κ1) is 22.2. The van der Waals surface area contributed by atoms with Crippen LogP contribution in [0, 0.1) is 10.1 Å². The maximum atomic E-state index is 13.2. The molecule has 0 heterocycles. The van der Waals surface area contributed by atoms with E-state index in [2.05, 4.69) is 0 Å². The van der Waals surface area contributed by atoms with Crippen LogP contribution < -0.4 is 9.04 Å². The summed E-state index contributed by atoms with van der Waals surface area (Å²) >= 11 is 0. The summed E-state index contributed by atoms with van der Waals surface area (Å²) in [7, 11) is -4.28. The number of ether oxygens (including phenoxy) is 2. The normalized spacial score (nSPS) is 11.2. The van der Waals surface area contributed by atoms with Gasteiger partial charge in [-0.1, -0.05) is 6.07 Å². The molecule has 0 atom stereocenters. The van der Waals surface area contributed by atoms with Crippen LogP contribution in [0.3, 0.4) is 0 Å². The predicted molar refractivity (Wildman–Crippen MR) is 106 cm³/mol. The fraction of sp³-hybridized carbons (Fsp3) is 0.316. The molecule has 0 amide bonds. The van der Waals surface area contributed by atoms with E-state index in [0.29, 0.717) is 12.4 Å². The van der Waals surface area contributed by atoms with Gasteiger partial charge in [0.25, 0.3) is 15.7 Å². The van der Waals surface area contributed by atoms with Crippen LogP contribution in [0.25, 0.3) is 0 Å². The molecule has 2 aromatic rings. The lowest BCUT2D eigenvalue weighted by molar-refractivity contribution is -0.385. The van der Waals surface area contributed by atoms with Crippen molar-refractivity contribution in [1.29, 1.82) is 0 Å². The number of sulfonamides is 1. The van der Waals surface area contributed by atoms with E-state index < -0.39 is 33.6 Å². The lowest BCUT2D eigenvalue weighted by atomic mass is 10.3. The average Bonchev–Trinajstić information content (AvgIpc) is 2.66. The van der Waals surface area contributed by atoms with Crippen molar-refractivity contribution in [2.24, 2.45) is 0 Å². The zero-order valence-corrected chi connectivity index (χ0v) is 17.1. The fourth-order valence-electron chi connectivity index (χ4n) is 2.49. The van der Waals surface area contributed by atoms with Crippen LogP contribution in [0.4, 0.5) is 11.4 Å². The number of hydrogen-bond acceptors (Lipinski definition) is 7. The Hall–Kier alpha value is -3.14. The molecule has 0 saturated heterocycles. The van der Waals surface area contributed by atoms with Gasteiger partial charge in [-0.05, 0) is 51.1 Å². The van der Waals surface area contributed by atoms with E-state index in [0.717, 1.165) is 10.4 Å². The van der Waals surface area contributed by atoms with Crippen molar-refractivity contribution in [2.75, 3.05) is 17.5 Å². The highest BCUT2D eigenvalue weighted by Gasteiger charge is 2.29. The van der Waals surface area contributed by atoms with E-state index in [1.165, 1.54) is 30.3 Å². The summed E-state index contributed by atoms with van der Waals surface area (Å²) in [6, 6.07) is 10.8. The molecule has 0 aliphatic heterocycles. The third-order valence-corrected chi connectivity index (χ3v) is 5.46. The van der Waals surface area contributed by atoms with Crippen LogP contribution >= 0.6 is 0 Å². The number of hydrogen-bond donors (Lipinski definition) is 0. The molecule has 0 aliphatic carbocycles. The number of rotatable bonds is 9. The van der Waals surface area contributed by atoms with Crippen molar-refractivity contribution in [1.82, 2.24) is 0 Å². The van der Waals surface area contributed by atoms with Crippen molar-refractivity contribution in [3.8, 4) is 5.75 Å². The molecule has 2 aromatic carbocycles. The van der Waals surface area contributed by atoms with E-state index in [-0.39, 0.29) is 16.3 Å². The quantitative estimate of drug-likeness (QED) is 0.346. The summed E-state index contributed by atoms with van der Waals surface area (Å²) < 4.78 is 37.7. The van der Waals surface area contributed by atoms with E-state index in [1.807, 2.05) is 6.92 Å². The number of nitrogens with zero attached hydrogens (tertiary/aromatic N) is 2. The second kappa shape index (κ2) is 9.37. The smallest absolute Gasteiger partial charge is 0.327 e. The van der Waals surface area contributed by atoms with Gasteiger partial charge in [-0.3, -0.25) is 19.2 Å². The molecule has 29 heavy (non-hydrogen) atoms. The molecule has 0 fully saturated rings. The van der Waals surface area contributed by atoms with E-state index in [1.54, 1.807) is 26.0 Å². The molecule has 10 heteroatoms. The number of benzene rings is 2. The minimum absolute atomic E-state index is 0.195. The maximum Gasteiger partial charge on any atom is 0.327 e. The third kappa shape index (κ3) is 5.67. The van der Waals surface area contributed by atoms with Crippen molar-refractivity contribution in [3.63, 3.8) is 0 Å². The molecule has 9 nitrogen and oxygen atoms in total. The van der Waals surface area contributed by atoms with Crippen molar-refractivity contribution in [2.45, 2.75) is 31.8 Å². The van der Waals surface area contributed by atoms with Crippen LogP contribution in [-0.4, -0.2) is 38.6 Å². The molecular weight excluding hydrogens is 400 g/mol. The standard InChI is InChI=1S/C19H22N2O7S/c1-4-27-17-10-8-15(9-11-17)20(13-19(22)28-14(2)3)29(25,26)18-7-5-6-16(12-18)21(23)24/h5-12,14H,4,13H2,1-3H3. The molecule has 0 aromatic heterocycles. The van der Waals surface area contributed by atoms with Crippen molar-refractivity contribution in [3.05, 3.63) is 58.6 Å². The lowest BCUT2D eigenvalue weighted by Crippen LogP contribution is -2.37. The Morgan fingerprint density at radius 1 is 1.17 bits per heavy atom.